The summed E-state index contributed by atoms with van der Waals surface area (Å²) >= 11 is 5.85. The minimum absolute atomic E-state index is 0.211. The van der Waals surface area contributed by atoms with Gasteiger partial charge in [-0.2, -0.15) is 0 Å². The standard InChI is InChI=1S/C13H16ClNO3/c1-13(2,3)18-12(17)15-11-8-10(14)5-4-9(11)6-7-16/h4-5,7-8H,6H2,1-3H3,(H,15,17). The van der Waals surface area contributed by atoms with Crippen LogP contribution in [0.25, 0.3) is 0 Å². The number of carbonyl (C=O) groups is 2. The van der Waals surface area contributed by atoms with Crippen molar-refractivity contribution in [3.63, 3.8) is 0 Å². The molecule has 0 aromatic heterocycles. The van der Waals surface area contributed by atoms with Crippen LogP contribution in [-0.4, -0.2) is 18.0 Å². The Morgan fingerprint density at radius 2 is 2.11 bits per heavy atom. The van der Waals surface area contributed by atoms with Gasteiger partial charge >= 0.3 is 6.09 Å². The molecular weight excluding hydrogens is 254 g/mol. The van der Waals surface area contributed by atoms with Crippen LogP contribution >= 0.6 is 11.6 Å². The second-order valence-electron chi connectivity index (χ2n) is 4.80. The molecule has 0 atom stereocenters. The summed E-state index contributed by atoms with van der Waals surface area (Å²) in [6, 6.07) is 4.95. The van der Waals surface area contributed by atoms with E-state index in [0.717, 1.165) is 6.29 Å². The number of hydrogen-bond donors (Lipinski definition) is 1. The molecule has 0 aliphatic carbocycles. The highest BCUT2D eigenvalue weighted by Crippen LogP contribution is 2.22. The first-order valence-corrected chi connectivity index (χ1v) is 5.91. The third-order valence-electron chi connectivity index (χ3n) is 2.01. The zero-order valence-electron chi connectivity index (χ0n) is 10.6. The lowest BCUT2D eigenvalue weighted by Gasteiger charge is -2.20. The van der Waals surface area contributed by atoms with Gasteiger partial charge in [0.1, 0.15) is 11.9 Å². The van der Waals surface area contributed by atoms with Gasteiger partial charge < -0.3 is 9.53 Å². The zero-order valence-corrected chi connectivity index (χ0v) is 11.4. The average molecular weight is 270 g/mol. The van der Waals surface area contributed by atoms with Crippen LogP contribution in [0.4, 0.5) is 10.5 Å². The van der Waals surface area contributed by atoms with E-state index < -0.39 is 11.7 Å². The van der Waals surface area contributed by atoms with Gasteiger partial charge in [-0.05, 0) is 38.5 Å². The smallest absolute Gasteiger partial charge is 0.412 e. The topological polar surface area (TPSA) is 55.4 Å². The summed E-state index contributed by atoms with van der Waals surface area (Å²) < 4.78 is 5.13. The second kappa shape index (κ2) is 5.87. The number of hydrogen-bond acceptors (Lipinski definition) is 3. The van der Waals surface area contributed by atoms with Crippen LogP contribution in [0.2, 0.25) is 5.02 Å². The third-order valence-corrected chi connectivity index (χ3v) is 2.25. The van der Waals surface area contributed by atoms with Crippen molar-refractivity contribution < 1.29 is 14.3 Å². The van der Waals surface area contributed by atoms with Crippen LogP contribution in [0.1, 0.15) is 26.3 Å². The molecule has 0 unspecified atom stereocenters. The highest BCUT2D eigenvalue weighted by molar-refractivity contribution is 6.31. The molecule has 1 aromatic rings. The number of amides is 1. The number of nitrogens with one attached hydrogen (secondary N) is 1. The zero-order chi connectivity index (χ0) is 13.8. The SMILES string of the molecule is CC(C)(C)OC(=O)Nc1cc(Cl)ccc1CC=O. The lowest BCUT2D eigenvalue weighted by molar-refractivity contribution is -0.107. The van der Waals surface area contributed by atoms with Crippen molar-refractivity contribution in [2.24, 2.45) is 0 Å². The van der Waals surface area contributed by atoms with E-state index in [1.807, 2.05) is 0 Å². The molecule has 1 rings (SSSR count). The molecule has 18 heavy (non-hydrogen) atoms. The summed E-state index contributed by atoms with van der Waals surface area (Å²) in [6.07, 6.45) is 0.406. The largest absolute Gasteiger partial charge is 0.444 e. The first-order valence-electron chi connectivity index (χ1n) is 5.54. The lowest BCUT2D eigenvalue weighted by Crippen LogP contribution is -2.27. The van der Waals surface area contributed by atoms with Crippen LogP contribution in [0.5, 0.6) is 0 Å². The molecule has 0 fully saturated rings. The van der Waals surface area contributed by atoms with Crippen molar-refractivity contribution in [1.82, 2.24) is 0 Å². The van der Waals surface area contributed by atoms with E-state index >= 15 is 0 Å². The predicted octanol–water partition coefficient (Wildman–Crippen LogP) is 3.43. The molecule has 5 heteroatoms. The molecule has 0 saturated carbocycles. The Morgan fingerprint density at radius 1 is 1.44 bits per heavy atom. The summed E-state index contributed by atoms with van der Waals surface area (Å²) in [4.78, 5) is 22.2. The van der Waals surface area contributed by atoms with E-state index in [4.69, 9.17) is 16.3 Å². The van der Waals surface area contributed by atoms with Crippen LogP contribution < -0.4 is 5.32 Å². The maximum Gasteiger partial charge on any atom is 0.412 e. The Morgan fingerprint density at radius 3 is 2.67 bits per heavy atom. The van der Waals surface area contributed by atoms with E-state index in [-0.39, 0.29) is 6.42 Å². The average Bonchev–Trinajstić information content (AvgIpc) is 2.19. The first kappa shape index (κ1) is 14.5. The summed E-state index contributed by atoms with van der Waals surface area (Å²) in [7, 11) is 0. The van der Waals surface area contributed by atoms with Crippen LogP contribution in [0.3, 0.4) is 0 Å². The predicted molar refractivity (Wildman–Crippen MR) is 71.1 cm³/mol. The van der Waals surface area contributed by atoms with E-state index in [1.54, 1.807) is 39.0 Å². The van der Waals surface area contributed by atoms with Gasteiger partial charge in [0.05, 0.1) is 0 Å². The van der Waals surface area contributed by atoms with Crippen LogP contribution in [0.15, 0.2) is 18.2 Å². The highest BCUT2D eigenvalue weighted by atomic mass is 35.5. The Labute approximate surface area is 111 Å². The van der Waals surface area contributed by atoms with Crippen molar-refractivity contribution >= 4 is 29.7 Å². The van der Waals surface area contributed by atoms with Crippen molar-refractivity contribution in [1.29, 1.82) is 0 Å². The van der Waals surface area contributed by atoms with Gasteiger partial charge in [0.25, 0.3) is 0 Å². The second-order valence-corrected chi connectivity index (χ2v) is 5.24. The number of rotatable bonds is 3. The number of ether oxygens (including phenoxy) is 1. The maximum atomic E-state index is 11.6. The summed E-state index contributed by atoms with van der Waals surface area (Å²) in [5, 5.41) is 3.07. The number of carbonyl (C=O) groups excluding carboxylic acids is 2. The van der Waals surface area contributed by atoms with Gasteiger partial charge in [-0.25, -0.2) is 4.79 Å². The lowest BCUT2D eigenvalue weighted by atomic mass is 10.1. The fourth-order valence-corrected chi connectivity index (χ4v) is 1.52. The molecule has 4 nitrogen and oxygen atoms in total. The normalized spacial score (nSPS) is 10.9. The van der Waals surface area contributed by atoms with E-state index in [1.165, 1.54) is 0 Å². The molecule has 0 bridgehead atoms. The quantitative estimate of drug-likeness (QED) is 0.856. The fourth-order valence-electron chi connectivity index (χ4n) is 1.35. The summed E-state index contributed by atoms with van der Waals surface area (Å²) in [6.45, 7) is 5.32. The van der Waals surface area contributed by atoms with Crippen LogP contribution in [-0.2, 0) is 16.0 Å². The van der Waals surface area contributed by atoms with E-state index in [2.05, 4.69) is 5.32 Å². The molecule has 0 heterocycles. The fraction of sp³-hybridized carbons (Fsp3) is 0.385. The molecule has 1 aromatic carbocycles. The summed E-state index contributed by atoms with van der Waals surface area (Å²) in [5.41, 5.74) is 0.608. The number of aldehydes is 1. The molecule has 0 radical (unpaired) electrons. The van der Waals surface area contributed by atoms with Crippen molar-refractivity contribution in [3.05, 3.63) is 28.8 Å². The molecule has 0 saturated heterocycles. The Balaban J connectivity index is 2.85. The van der Waals surface area contributed by atoms with Crippen molar-refractivity contribution in [2.45, 2.75) is 32.8 Å². The molecule has 1 N–H and O–H groups in total. The monoisotopic (exact) mass is 269 g/mol. The molecule has 0 aliphatic heterocycles. The Kier molecular flexibility index (Phi) is 4.73. The maximum absolute atomic E-state index is 11.6. The van der Waals surface area contributed by atoms with Gasteiger partial charge in [0.2, 0.25) is 0 Å². The molecular formula is C13H16ClNO3. The first-order chi connectivity index (χ1) is 8.31. The van der Waals surface area contributed by atoms with Gasteiger partial charge in [-0.3, -0.25) is 5.32 Å². The molecule has 1 amide bonds. The minimum Gasteiger partial charge on any atom is -0.444 e. The Hall–Kier alpha value is -1.55. The van der Waals surface area contributed by atoms with Gasteiger partial charge in [0, 0.05) is 17.1 Å². The number of benzene rings is 1. The van der Waals surface area contributed by atoms with Gasteiger partial charge in [-0.15, -0.1) is 0 Å². The number of anilines is 1. The third kappa shape index (κ3) is 4.75. The van der Waals surface area contributed by atoms with E-state index in [9.17, 15) is 9.59 Å². The van der Waals surface area contributed by atoms with E-state index in [0.29, 0.717) is 16.3 Å². The minimum atomic E-state index is -0.576. The molecule has 0 spiro atoms. The Bertz CT molecular complexity index is 452. The van der Waals surface area contributed by atoms with Gasteiger partial charge in [-0.1, -0.05) is 17.7 Å². The highest BCUT2D eigenvalue weighted by Gasteiger charge is 2.17. The molecule has 0 aliphatic rings. The van der Waals surface area contributed by atoms with Crippen molar-refractivity contribution in [3.8, 4) is 0 Å². The van der Waals surface area contributed by atoms with Crippen LogP contribution in [0, 0.1) is 0 Å². The van der Waals surface area contributed by atoms with Gasteiger partial charge in [0.15, 0.2) is 0 Å². The van der Waals surface area contributed by atoms with Crippen molar-refractivity contribution in [2.75, 3.05) is 5.32 Å². The number of halogens is 1. The summed E-state index contributed by atoms with van der Waals surface area (Å²) in [5.74, 6) is 0. The molecule has 98 valence electrons.